The van der Waals surface area contributed by atoms with Gasteiger partial charge in [0, 0.05) is 5.69 Å². The van der Waals surface area contributed by atoms with Crippen molar-refractivity contribution in [3.05, 3.63) is 54.0 Å². The maximum absolute atomic E-state index is 11.7. The molecule has 0 saturated heterocycles. The second-order valence-electron chi connectivity index (χ2n) is 3.77. The van der Waals surface area contributed by atoms with Crippen molar-refractivity contribution in [3.63, 3.8) is 0 Å². The molecule has 1 aromatic heterocycles. The van der Waals surface area contributed by atoms with Gasteiger partial charge in [0.15, 0.2) is 5.76 Å². The lowest BCUT2D eigenvalue weighted by Crippen LogP contribution is -2.14. The number of nitrogens with two attached hydrogens (primary N) is 1. The van der Waals surface area contributed by atoms with E-state index in [0.29, 0.717) is 5.69 Å². The van der Waals surface area contributed by atoms with Gasteiger partial charge in [-0.2, -0.15) is 0 Å². The summed E-state index contributed by atoms with van der Waals surface area (Å²) in [5, 5.41) is 2.68. The van der Waals surface area contributed by atoms with Gasteiger partial charge in [-0.15, -0.1) is 0 Å². The summed E-state index contributed by atoms with van der Waals surface area (Å²) >= 11 is 0. The van der Waals surface area contributed by atoms with Crippen LogP contribution in [0, 0.1) is 0 Å². The smallest absolute Gasteiger partial charge is 0.291 e. The molecule has 0 fully saturated rings. The van der Waals surface area contributed by atoms with E-state index in [4.69, 9.17) is 10.2 Å². The monoisotopic (exact) mass is 244 g/mol. The molecule has 0 unspecified atom stereocenters. The van der Waals surface area contributed by atoms with E-state index in [1.807, 2.05) is 0 Å². The lowest BCUT2D eigenvalue weighted by Gasteiger charge is -2.04. The number of benzene rings is 1. The number of furan rings is 1. The Kier molecular flexibility index (Phi) is 3.43. The lowest BCUT2D eigenvalue weighted by molar-refractivity contribution is -0.117. The predicted molar refractivity (Wildman–Crippen MR) is 66.0 cm³/mol. The molecule has 92 valence electrons. The Bertz CT molecular complexity index is 544. The SMILES string of the molecule is NC(=O)Cc1ccc(NC(=O)c2ccco2)cc1. The summed E-state index contributed by atoms with van der Waals surface area (Å²) in [5.41, 5.74) is 6.52. The fourth-order valence-corrected chi connectivity index (χ4v) is 1.51. The number of nitrogens with one attached hydrogen (secondary N) is 1. The fraction of sp³-hybridized carbons (Fsp3) is 0.0769. The molecule has 0 bridgehead atoms. The standard InChI is InChI=1S/C13H12N2O3/c14-12(16)8-9-3-5-10(6-4-9)15-13(17)11-2-1-7-18-11/h1-7H,8H2,(H2,14,16)(H,15,17). The van der Waals surface area contributed by atoms with Gasteiger partial charge in [0.05, 0.1) is 12.7 Å². The molecule has 1 heterocycles. The molecule has 0 aliphatic heterocycles. The summed E-state index contributed by atoms with van der Waals surface area (Å²) in [6.07, 6.45) is 1.62. The topological polar surface area (TPSA) is 85.3 Å². The van der Waals surface area contributed by atoms with Crippen LogP contribution in [0.5, 0.6) is 0 Å². The van der Waals surface area contributed by atoms with E-state index in [1.54, 1.807) is 36.4 Å². The Morgan fingerprint density at radius 3 is 2.44 bits per heavy atom. The molecule has 0 spiro atoms. The Labute approximate surface area is 104 Å². The Morgan fingerprint density at radius 2 is 1.89 bits per heavy atom. The van der Waals surface area contributed by atoms with Crippen LogP contribution in [-0.2, 0) is 11.2 Å². The van der Waals surface area contributed by atoms with Gasteiger partial charge in [0.2, 0.25) is 5.91 Å². The molecule has 2 rings (SSSR count). The van der Waals surface area contributed by atoms with Crippen LogP contribution in [0.3, 0.4) is 0 Å². The zero-order valence-electron chi connectivity index (χ0n) is 9.55. The number of primary amides is 1. The molecule has 0 aliphatic rings. The first-order valence-corrected chi connectivity index (χ1v) is 5.37. The number of hydrogen-bond acceptors (Lipinski definition) is 3. The molecule has 2 amide bonds. The minimum Gasteiger partial charge on any atom is -0.459 e. The zero-order chi connectivity index (χ0) is 13.0. The molecular weight excluding hydrogens is 232 g/mol. The van der Waals surface area contributed by atoms with Gasteiger partial charge < -0.3 is 15.5 Å². The van der Waals surface area contributed by atoms with Gasteiger partial charge in [-0.05, 0) is 29.8 Å². The summed E-state index contributed by atoms with van der Waals surface area (Å²) in [6, 6.07) is 10.1. The van der Waals surface area contributed by atoms with Crippen molar-refractivity contribution in [2.45, 2.75) is 6.42 Å². The summed E-state index contributed by atoms with van der Waals surface area (Å²) in [7, 11) is 0. The number of amides is 2. The molecule has 1 aromatic carbocycles. The van der Waals surface area contributed by atoms with Gasteiger partial charge in [-0.3, -0.25) is 9.59 Å². The van der Waals surface area contributed by atoms with Gasteiger partial charge in [0.1, 0.15) is 0 Å². The highest BCUT2D eigenvalue weighted by atomic mass is 16.3. The average Bonchev–Trinajstić information content (AvgIpc) is 2.84. The lowest BCUT2D eigenvalue weighted by atomic mass is 10.1. The van der Waals surface area contributed by atoms with Gasteiger partial charge in [-0.25, -0.2) is 0 Å². The molecule has 18 heavy (non-hydrogen) atoms. The highest BCUT2D eigenvalue weighted by molar-refractivity contribution is 6.02. The fourth-order valence-electron chi connectivity index (χ4n) is 1.51. The molecule has 3 N–H and O–H groups in total. The van der Waals surface area contributed by atoms with Gasteiger partial charge in [0.25, 0.3) is 5.91 Å². The van der Waals surface area contributed by atoms with E-state index < -0.39 is 0 Å². The van der Waals surface area contributed by atoms with Crippen molar-refractivity contribution in [1.82, 2.24) is 0 Å². The third-order valence-electron chi connectivity index (χ3n) is 2.34. The van der Waals surface area contributed by atoms with Crippen LogP contribution in [-0.4, -0.2) is 11.8 Å². The number of rotatable bonds is 4. The van der Waals surface area contributed by atoms with Crippen LogP contribution in [0.25, 0.3) is 0 Å². The van der Waals surface area contributed by atoms with E-state index in [9.17, 15) is 9.59 Å². The zero-order valence-corrected chi connectivity index (χ0v) is 9.55. The summed E-state index contributed by atoms with van der Waals surface area (Å²) in [5.74, 6) is -0.457. The molecule has 2 aromatic rings. The number of anilines is 1. The molecule has 0 aliphatic carbocycles. The molecule has 0 saturated carbocycles. The largest absolute Gasteiger partial charge is 0.459 e. The van der Waals surface area contributed by atoms with Crippen LogP contribution in [0.2, 0.25) is 0 Å². The molecule has 5 nitrogen and oxygen atoms in total. The third kappa shape index (κ3) is 2.98. The van der Waals surface area contributed by atoms with Crippen molar-refractivity contribution in [2.75, 3.05) is 5.32 Å². The quantitative estimate of drug-likeness (QED) is 0.855. The first-order valence-electron chi connectivity index (χ1n) is 5.37. The van der Waals surface area contributed by atoms with E-state index in [2.05, 4.69) is 5.32 Å². The molecule has 5 heteroatoms. The van der Waals surface area contributed by atoms with Gasteiger partial charge >= 0.3 is 0 Å². The average molecular weight is 244 g/mol. The van der Waals surface area contributed by atoms with Crippen molar-refractivity contribution >= 4 is 17.5 Å². The van der Waals surface area contributed by atoms with Crippen molar-refractivity contribution in [1.29, 1.82) is 0 Å². The van der Waals surface area contributed by atoms with Crippen LogP contribution in [0.1, 0.15) is 16.1 Å². The first-order chi connectivity index (χ1) is 8.65. The van der Waals surface area contributed by atoms with Gasteiger partial charge in [-0.1, -0.05) is 12.1 Å². The number of carbonyl (C=O) groups is 2. The predicted octanol–water partition coefficient (Wildman–Crippen LogP) is 1.56. The summed E-state index contributed by atoms with van der Waals surface area (Å²) < 4.78 is 4.97. The highest BCUT2D eigenvalue weighted by Crippen LogP contribution is 2.12. The van der Waals surface area contributed by atoms with Crippen molar-refractivity contribution < 1.29 is 14.0 Å². The minimum atomic E-state index is -0.387. The number of carbonyl (C=O) groups excluding carboxylic acids is 2. The second kappa shape index (κ2) is 5.18. The molecule has 0 radical (unpaired) electrons. The maximum atomic E-state index is 11.7. The first kappa shape index (κ1) is 11.9. The summed E-state index contributed by atoms with van der Waals surface area (Å²) in [4.78, 5) is 22.4. The Morgan fingerprint density at radius 1 is 1.17 bits per heavy atom. The van der Waals surface area contributed by atoms with Crippen molar-refractivity contribution in [3.8, 4) is 0 Å². The summed E-state index contributed by atoms with van der Waals surface area (Å²) in [6.45, 7) is 0. The normalized spacial score (nSPS) is 10.0. The molecular formula is C13H12N2O3. The Balaban J connectivity index is 2.02. The maximum Gasteiger partial charge on any atom is 0.291 e. The Hall–Kier alpha value is -2.56. The van der Waals surface area contributed by atoms with E-state index in [-0.39, 0.29) is 24.0 Å². The van der Waals surface area contributed by atoms with Crippen LogP contribution >= 0.6 is 0 Å². The van der Waals surface area contributed by atoms with Crippen LogP contribution in [0.4, 0.5) is 5.69 Å². The van der Waals surface area contributed by atoms with Crippen LogP contribution in [0.15, 0.2) is 47.1 Å². The minimum absolute atomic E-state index is 0.187. The van der Waals surface area contributed by atoms with Crippen molar-refractivity contribution in [2.24, 2.45) is 5.73 Å². The molecule has 0 atom stereocenters. The second-order valence-corrected chi connectivity index (χ2v) is 3.77. The third-order valence-corrected chi connectivity index (χ3v) is 2.34. The van der Waals surface area contributed by atoms with E-state index in [1.165, 1.54) is 6.26 Å². The van der Waals surface area contributed by atoms with E-state index >= 15 is 0 Å². The van der Waals surface area contributed by atoms with Crippen LogP contribution < -0.4 is 11.1 Å². The highest BCUT2D eigenvalue weighted by Gasteiger charge is 2.08. The number of hydrogen-bond donors (Lipinski definition) is 2. The van der Waals surface area contributed by atoms with E-state index in [0.717, 1.165) is 5.56 Å².